The minimum absolute atomic E-state index is 0.336. The van der Waals surface area contributed by atoms with E-state index in [2.05, 4.69) is 10.3 Å². The van der Waals surface area contributed by atoms with E-state index in [0.717, 1.165) is 10.9 Å². The molecule has 0 aliphatic rings. The van der Waals surface area contributed by atoms with Crippen LogP contribution >= 0.6 is 11.6 Å². The number of fused-ring (bicyclic) bond motifs is 1. The smallest absolute Gasteiger partial charge is 0.341 e. The Morgan fingerprint density at radius 1 is 1.24 bits per heavy atom. The minimum Gasteiger partial charge on any atom is -0.449 e. The maximum atomic E-state index is 12.4. The lowest BCUT2D eigenvalue weighted by Gasteiger charge is -2.12. The summed E-state index contributed by atoms with van der Waals surface area (Å²) < 4.78 is 7.14. The van der Waals surface area contributed by atoms with Gasteiger partial charge in [0.05, 0.1) is 10.6 Å². The minimum atomic E-state index is -0.969. The van der Waals surface area contributed by atoms with Crippen molar-refractivity contribution in [2.24, 2.45) is 7.05 Å². The van der Waals surface area contributed by atoms with Crippen LogP contribution in [0, 0.1) is 0 Å². The number of aryl methyl sites for hydroxylation is 1. The number of carbonyl (C=O) groups excluding carboxylic acids is 2. The Kier molecular flexibility index (Phi) is 4.72. The van der Waals surface area contributed by atoms with Crippen molar-refractivity contribution >= 4 is 40.2 Å². The molecule has 0 spiro atoms. The number of para-hydroxylation sites is 1. The van der Waals surface area contributed by atoms with Crippen LogP contribution in [0.25, 0.3) is 10.9 Å². The van der Waals surface area contributed by atoms with Gasteiger partial charge in [0.1, 0.15) is 5.82 Å². The average molecular weight is 358 g/mol. The number of esters is 1. The Bertz CT molecular complexity index is 934. The van der Waals surface area contributed by atoms with E-state index in [4.69, 9.17) is 16.3 Å². The van der Waals surface area contributed by atoms with Gasteiger partial charge in [-0.25, -0.2) is 9.78 Å². The molecule has 6 nitrogen and oxygen atoms in total. The van der Waals surface area contributed by atoms with E-state index in [1.807, 2.05) is 35.9 Å². The molecule has 0 bridgehead atoms. The van der Waals surface area contributed by atoms with E-state index in [-0.39, 0.29) is 0 Å². The molecule has 1 atom stereocenters. The topological polar surface area (TPSA) is 73.2 Å². The normalized spacial score (nSPS) is 12.0. The van der Waals surface area contributed by atoms with E-state index in [0.29, 0.717) is 16.4 Å². The largest absolute Gasteiger partial charge is 0.449 e. The van der Waals surface area contributed by atoms with Crippen molar-refractivity contribution in [2.75, 3.05) is 5.32 Å². The van der Waals surface area contributed by atoms with Gasteiger partial charge >= 0.3 is 5.97 Å². The number of nitrogens with zero attached hydrogens (tertiary/aromatic N) is 2. The zero-order chi connectivity index (χ0) is 18.0. The van der Waals surface area contributed by atoms with Crippen molar-refractivity contribution in [1.82, 2.24) is 9.55 Å². The maximum absolute atomic E-state index is 12.4. The lowest BCUT2D eigenvalue weighted by molar-refractivity contribution is -0.123. The van der Waals surface area contributed by atoms with Crippen molar-refractivity contribution in [3.63, 3.8) is 0 Å². The van der Waals surface area contributed by atoms with Crippen molar-refractivity contribution in [3.8, 4) is 0 Å². The Morgan fingerprint density at radius 3 is 2.72 bits per heavy atom. The van der Waals surface area contributed by atoms with Gasteiger partial charge in [-0.2, -0.15) is 0 Å². The number of carbonyl (C=O) groups is 2. The summed E-state index contributed by atoms with van der Waals surface area (Å²) in [7, 11) is 1.85. The van der Waals surface area contributed by atoms with Crippen LogP contribution in [0.1, 0.15) is 17.3 Å². The number of benzene rings is 1. The van der Waals surface area contributed by atoms with Gasteiger partial charge in [-0.1, -0.05) is 29.8 Å². The van der Waals surface area contributed by atoms with Crippen LogP contribution in [0.4, 0.5) is 5.82 Å². The van der Waals surface area contributed by atoms with Gasteiger partial charge in [0.15, 0.2) is 6.10 Å². The van der Waals surface area contributed by atoms with Crippen molar-refractivity contribution in [3.05, 3.63) is 59.4 Å². The average Bonchev–Trinajstić information content (AvgIpc) is 2.94. The summed E-state index contributed by atoms with van der Waals surface area (Å²) in [5.41, 5.74) is 1.33. The monoisotopic (exact) mass is 357 g/mol. The number of anilines is 1. The molecular formula is C18H16ClN3O3. The quantitative estimate of drug-likeness (QED) is 0.726. The molecule has 1 aromatic carbocycles. The predicted molar refractivity (Wildman–Crippen MR) is 95.7 cm³/mol. The third-order valence-corrected chi connectivity index (χ3v) is 3.97. The molecule has 1 amide bonds. The molecular weight excluding hydrogens is 342 g/mol. The lowest BCUT2D eigenvalue weighted by atomic mass is 10.2. The number of aromatic nitrogens is 2. The molecule has 0 radical (unpaired) electrons. The summed E-state index contributed by atoms with van der Waals surface area (Å²) >= 11 is 5.75. The first kappa shape index (κ1) is 17.0. The first-order valence-electron chi connectivity index (χ1n) is 7.63. The number of pyridine rings is 1. The Morgan fingerprint density at radius 2 is 2.00 bits per heavy atom. The van der Waals surface area contributed by atoms with E-state index in [1.54, 1.807) is 18.3 Å². The van der Waals surface area contributed by atoms with Crippen LogP contribution in [-0.4, -0.2) is 27.5 Å². The van der Waals surface area contributed by atoms with Gasteiger partial charge in [-0.05, 0) is 25.1 Å². The molecule has 25 heavy (non-hydrogen) atoms. The van der Waals surface area contributed by atoms with Crippen molar-refractivity contribution < 1.29 is 14.3 Å². The highest BCUT2D eigenvalue weighted by atomic mass is 35.5. The second kappa shape index (κ2) is 6.94. The maximum Gasteiger partial charge on any atom is 0.341 e. The molecule has 2 aromatic heterocycles. The third-order valence-electron chi connectivity index (χ3n) is 3.75. The van der Waals surface area contributed by atoms with E-state index < -0.39 is 18.0 Å². The number of nitrogens with one attached hydrogen (secondary N) is 1. The fourth-order valence-electron chi connectivity index (χ4n) is 2.46. The number of ether oxygens (including phenoxy) is 1. The summed E-state index contributed by atoms with van der Waals surface area (Å²) in [6, 6.07) is 10.7. The van der Waals surface area contributed by atoms with Crippen LogP contribution < -0.4 is 5.32 Å². The molecule has 3 aromatic rings. The fraction of sp³-hybridized carbons (Fsp3) is 0.167. The summed E-state index contributed by atoms with van der Waals surface area (Å²) in [4.78, 5) is 28.6. The number of hydrogen-bond acceptors (Lipinski definition) is 4. The van der Waals surface area contributed by atoms with Gasteiger partial charge in [-0.15, -0.1) is 0 Å². The molecule has 3 rings (SSSR count). The Hall–Kier alpha value is -2.86. The Balaban J connectivity index is 1.71. The Labute approximate surface area is 149 Å². The van der Waals surface area contributed by atoms with Crippen LogP contribution in [0.5, 0.6) is 0 Å². The molecule has 1 N–H and O–H groups in total. The van der Waals surface area contributed by atoms with E-state index in [1.165, 1.54) is 13.1 Å². The van der Waals surface area contributed by atoms with E-state index >= 15 is 0 Å². The first-order valence-corrected chi connectivity index (χ1v) is 8.01. The number of hydrogen-bond donors (Lipinski definition) is 1. The molecule has 0 fully saturated rings. The number of rotatable bonds is 4. The predicted octanol–water partition coefficient (Wildman–Crippen LogP) is 3.41. The molecule has 0 saturated heterocycles. The number of halogens is 1. The molecule has 2 heterocycles. The summed E-state index contributed by atoms with van der Waals surface area (Å²) in [6.45, 7) is 1.51. The molecule has 0 saturated carbocycles. The zero-order valence-corrected chi connectivity index (χ0v) is 14.4. The molecule has 128 valence electrons. The van der Waals surface area contributed by atoms with Gasteiger partial charge in [0, 0.05) is 30.3 Å². The molecule has 0 aliphatic carbocycles. The summed E-state index contributed by atoms with van der Waals surface area (Å²) in [5, 5.41) is 3.82. The molecule has 0 unspecified atom stereocenters. The SMILES string of the molecule is C[C@H](OC(=O)c1cn(C)c2ccccc12)C(=O)Nc1ccc(Cl)cn1. The van der Waals surface area contributed by atoms with E-state index in [9.17, 15) is 9.59 Å². The van der Waals surface area contributed by atoms with Crippen molar-refractivity contribution in [1.29, 1.82) is 0 Å². The second-order valence-electron chi connectivity index (χ2n) is 5.57. The second-order valence-corrected chi connectivity index (χ2v) is 6.01. The highest BCUT2D eigenvalue weighted by molar-refractivity contribution is 6.30. The fourth-order valence-corrected chi connectivity index (χ4v) is 2.57. The summed E-state index contributed by atoms with van der Waals surface area (Å²) in [5.74, 6) is -0.686. The standard InChI is InChI=1S/C18H16ClN3O3/c1-11(17(23)21-16-8-7-12(19)9-20-16)25-18(24)14-10-22(2)15-6-4-3-5-13(14)15/h3-11H,1-2H3,(H,20,21,23)/t11-/m0/s1. The lowest BCUT2D eigenvalue weighted by Crippen LogP contribution is -2.30. The zero-order valence-electron chi connectivity index (χ0n) is 13.7. The molecule has 7 heteroatoms. The third kappa shape index (κ3) is 3.64. The van der Waals surface area contributed by atoms with Gasteiger partial charge < -0.3 is 14.6 Å². The van der Waals surface area contributed by atoms with Crippen LogP contribution in [0.3, 0.4) is 0 Å². The van der Waals surface area contributed by atoms with Crippen LogP contribution in [-0.2, 0) is 16.6 Å². The first-order chi connectivity index (χ1) is 12.0. The van der Waals surface area contributed by atoms with Gasteiger partial charge in [-0.3, -0.25) is 4.79 Å². The molecule has 0 aliphatic heterocycles. The number of amides is 1. The van der Waals surface area contributed by atoms with Gasteiger partial charge in [0.2, 0.25) is 0 Å². The van der Waals surface area contributed by atoms with Crippen molar-refractivity contribution in [2.45, 2.75) is 13.0 Å². The highest BCUT2D eigenvalue weighted by Crippen LogP contribution is 2.21. The van der Waals surface area contributed by atoms with Gasteiger partial charge in [0.25, 0.3) is 5.91 Å². The summed E-state index contributed by atoms with van der Waals surface area (Å²) in [6.07, 6.45) is 2.14. The highest BCUT2D eigenvalue weighted by Gasteiger charge is 2.22. The van der Waals surface area contributed by atoms with Crippen LogP contribution in [0.2, 0.25) is 5.02 Å². The van der Waals surface area contributed by atoms with Crippen LogP contribution in [0.15, 0.2) is 48.8 Å².